The number of anilines is 2. The lowest BCUT2D eigenvalue weighted by molar-refractivity contribution is 0.415. The largest absolute Gasteiger partial charge is 0.497 e. The summed E-state index contributed by atoms with van der Waals surface area (Å²) in [6.45, 7) is 0.483. The molecule has 0 aliphatic heterocycles. The van der Waals surface area contributed by atoms with Crippen LogP contribution in [0.4, 0.5) is 11.5 Å². The molecule has 0 saturated carbocycles. The molecule has 0 unspecified atom stereocenters. The van der Waals surface area contributed by atoms with E-state index in [9.17, 15) is 0 Å². The fourth-order valence-electron chi connectivity index (χ4n) is 2.32. The van der Waals surface area contributed by atoms with Crippen molar-refractivity contribution in [1.82, 2.24) is 4.98 Å². The van der Waals surface area contributed by atoms with E-state index in [1.165, 1.54) is 0 Å². The zero-order chi connectivity index (χ0) is 14.7. The summed E-state index contributed by atoms with van der Waals surface area (Å²) >= 11 is 0. The molecule has 1 heterocycles. The predicted octanol–water partition coefficient (Wildman–Crippen LogP) is 3.45. The number of nitrogens with one attached hydrogen (secondary N) is 1. The maximum Gasteiger partial charge on any atom is 0.138 e. The van der Waals surface area contributed by atoms with Crippen molar-refractivity contribution in [3.05, 3.63) is 60.3 Å². The van der Waals surface area contributed by atoms with Gasteiger partial charge in [0.15, 0.2) is 0 Å². The maximum atomic E-state index is 5.78. The molecule has 0 atom stereocenters. The Morgan fingerprint density at radius 3 is 2.81 bits per heavy atom. The van der Waals surface area contributed by atoms with Gasteiger partial charge in [-0.25, -0.2) is 4.98 Å². The van der Waals surface area contributed by atoms with Crippen LogP contribution in [0.15, 0.2) is 54.7 Å². The first-order valence-electron chi connectivity index (χ1n) is 6.79. The van der Waals surface area contributed by atoms with Gasteiger partial charge in [-0.1, -0.05) is 24.3 Å². The molecule has 4 heteroatoms. The highest BCUT2D eigenvalue weighted by molar-refractivity contribution is 5.94. The molecule has 0 spiro atoms. The molecular weight excluding hydrogens is 262 g/mol. The highest BCUT2D eigenvalue weighted by atomic mass is 16.5. The molecule has 0 fully saturated rings. The molecular formula is C17H17N3O. The zero-order valence-corrected chi connectivity index (χ0v) is 11.8. The fraction of sp³-hybridized carbons (Fsp3) is 0.118. The van der Waals surface area contributed by atoms with E-state index in [1.54, 1.807) is 13.3 Å². The van der Waals surface area contributed by atoms with Gasteiger partial charge in [0.1, 0.15) is 11.6 Å². The molecule has 106 valence electrons. The number of benzene rings is 2. The maximum absolute atomic E-state index is 5.78. The average molecular weight is 279 g/mol. The number of pyridine rings is 1. The van der Waals surface area contributed by atoms with Crippen LogP contribution < -0.4 is 15.8 Å². The van der Waals surface area contributed by atoms with E-state index in [0.717, 1.165) is 33.6 Å². The standard InChI is InChI=1S/C17H17N3O/c1-21-14-7-6-12-8-9-19-17(15(12)10-14)20-16-5-3-2-4-13(16)11-18/h2-10H,11,18H2,1H3,(H,19,20). The topological polar surface area (TPSA) is 60.2 Å². The number of methoxy groups -OCH3 is 1. The third-order valence-corrected chi connectivity index (χ3v) is 3.46. The van der Waals surface area contributed by atoms with E-state index >= 15 is 0 Å². The lowest BCUT2D eigenvalue weighted by Gasteiger charge is -2.12. The number of para-hydroxylation sites is 1. The second kappa shape index (κ2) is 5.81. The summed E-state index contributed by atoms with van der Waals surface area (Å²) in [5.74, 6) is 1.61. The molecule has 3 rings (SSSR count). The van der Waals surface area contributed by atoms with Crippen molar-refractivity contribution in [2.24, 2.45) is 5.73 Å². The number of hydrogen-bond acceptors (Lipinski definition) is 4. The van der Waals surface area contributed by atoms with Gasteiger partial charge in [-0.15, -0.1) is 0 Å². The van der Waals surface area contributed by atoms with Crippen LogP contribution in [-0.4, -0.2) is 12.1 Å². The van der Waals surface area contributed by atoms with Crippen molar-refractivity contribution in [3.63, 3.8) is 0 Å². The molecule has 3 N–H and O–H groups in total. The number of fused-ring (bicyclic) bond motifs is 1. The first-order chi connectivity index (χ1) is 10.3. The molecule has 0 amide bonds. The molecule has 0 radical (unpaired) electrons. The van der Waals surface area contributed by atoms with Crippen molar-refractivity contribution in [1.29, 1.82) is 0 Å². The zero-order valence-electron chi connectivity index (χ0n) is 11.8. The van der Waals surface area contributed by atoms with Crippen molar-refractivity contribution >= 4 is 22.3 Å². The third kappa shape index (κ3) is 2.66. The van der Waals surface area contributed by atoms with E-state index < -0.39 is 0 Å². The Morgan fingerprint density at radius 2 is 2.00 bits per heavy atom. The molecule has 2 aromatic carbocycles. The molecule has 0 saturated heterocycles. The Bertz CT molecular complexity index is 771. The molecule has 0 aliphatic rings. The van der Waals surface area contributed by atoms with Gasteiger partial charge < -0.3 is 15.8 Å². The van der Waals surface area contributed by atoms with E-state index in [0.29, 0.717) is 6.54 Å². The molecule has 3 aromatic rings. The van der Waals surface area contributed by atoms with Crippen LogP contribution in [0.5, 0.6) is 5.75 Å². The van der Waals surface area contributed by atoms with Gasteiger partial charge in [0.2, 0.25) is 0 Å². The predicted molar refractivity (Wildman–Crippen MR) is 85.9 cm³/mol. The number of nitrogens with zero attached hydrogens (tertiary/aromatic N) is 1. The van der Waals surface area contributed by atoms with E-state index in [2.05, 4.69) is 10.3 Å². The quantitative estimate of drug-likeness (QED) is 0.768. The number of hydrogen-bond donors (Lipinski definition) is 2. The Labute approximate surface area is 123 Å². The Hall–Kier alpha value is -2.59. The average Bonchev–Trinajstić information content (AvgIpc) is 2.55. The van der Waals surface area contributed by atoms with E-state index in [1.807, 2.05) is 48.5 Å². The smallest absolute Gasteiger partial charge is 0.138 e. The monoisotopic (exact) mass is 279 g/mol. The van der Waals surface area contributed by atoms with Crippen molar-refractivity contribution in [2.75, 3.05) is 12.4 Å². The van der Waals surface area contributed by atoms with Gasteiger partial charge in [0.25, 0.3) is 0 Å². The van der Waals surface area contributed by atoms with Crippen LogP contribution in [0.25, 0.3) is 10.8 Å². The number of ether oxygens (including phenoxy) is 1. The Balaban J connectivity index is 2.07. The summed E-state index contributed by atoms with van der Waals surface area (Å²) in [6.07, 6.45) is 1.79. The van der Waals surface area contributed by atoms with Gasteiger partial charge in [-0.3, -0.25) is 0 Å². The van der Waals surface area contributed by atoms with Crippen LogP contribution in [-0.2, 0) is 6.54 Å². The minimum atomic E-state index is 0.483. The fourth-order valence-corrected chi connectivity index (χ4v) is 2.32. The van der Waals surface area contributed by atoms with Gasteiger partial charge in [-0.05, 0) is 35.2 Å². The lowest BCUT2D eigenvalue weighted by atomic mass is 10.1. The van der Waals surface area contributed by atoms with Crippen molar-refractivity contribution in [2.45, 2.75) is 6.54 Å². The van der Waals surface area contributed by atoms with Crippen LogP contribution >= 0.6 is 0 Å². The summed E-state index contributed by atoms with van der Waals surface area (Å²) in [5.41, 5.74) is 7.81. The van der Waals surface area contributed by atoms with Crippen molar-refractivity contribution in [3.8, 4) is 5.75 Å². The first-order valence-corrected chi connectivity index (χ1v) is 6.79. The van der Waals surface area contributed by atoms with Crippen molar-refractivity contribution < 1.29 is 4.74 Å². The Morgan fingerprint density at radius 1 is 1.14 bits per heavy atom. The SMILES string of the molecule is COc1ccc2ccnc(Nc3ccccc3CN)c2c1. The molecule has 21 heavy (non-hydrogen) atoms. The Kier molecular flexibility index (Phi) is 3.71. The number of aromatic nitrogens is 1. The van der Waals surface area contributed by atoms with E-state index in [-0.39, 0.29) is 0 Å². The molecule has 0 bridgehead atoms. The summed E-state index contributed by atoms with van der Waals surface area (Å²) < 4.78 is 5.30. The molecule has 0 aliphatic carbocycles. The molecule has 1 aromatic heterocycles. The second-order valence-electron chi connectivity index (χ2n) is 4.73. The van der Waals surface area contributed by atoms with Gasteiger partial charge >= 0.3 is 0 Å². The van der Waals surface area contributed by atoms with E-state index in [4.69, 9.17) is 10.5 Å². The minimum Gasteiger partial charge on any atom is -0.497 e. The normalized spacial score (nSPS) is 10.6. The summed E-state index contributed by atoms with van der Waals surface area (Å²) in [7, 11) is 1.66. The highest BCUT2D eigenvalue weighted by Gasteiger charge is 2.06. The minimum absolute atomic E-state index is 0.483. The molecule has 4 nitrogen and oxygen atoms in total. The third-order valence-electron chi connectivity index (χ3n) is 3.46. The second-order valence-corrected chi connectivity index (χ2v) is 4.73. The lowest BCUT2D eigenvalue weighted by Crippen LogP contribution is -2.02. The summed E-state index contributed by atoms with van der Waals surface area (Å²) in [6, 6.07) is 15.9. The summed E-state index contributed by atoms with van der Waals surface area (Å²) in [5, 5.41) is 5.50. The van der Waals surface area contributed by atoms with Gasteiger partial charge in [-0.2, -0.15) is 0 Å². The van der Waals surface area contributed by atoms with Crippen LogP contribution in [0.1, 0.15) is 5.56 Å². The number of nitrogens with two attached hydrogens (primary N) is 1. The van der Waals surface area contributed by atoms with Gasteiger partial charge in [0.05, 0.1) is 7.11 Å². The summed E-state index contributed by atoms with van der Waals surface area (Å²) in [4.78, 5) is 4.45. The van der Waals surface area contributed by atoms with Crippen LogP contribution in [0.2, 0.25) is 0 Å². The van der Waals surface area contributed by atoms with Gasteiger partial charge in [0, 0.05) is 23.8 Å². The first kappa shape index (κ1) is 13.4. The van der Waals surface area contributed by atoms with Crippen LogP contribution in [0, 0.1) is 0 Å². The van der Waals surface area contributed by atoms with Crippen LogP contribution in [0.3, 0.4) is 0 Å². The highest BCUT2D eigenvalue weighted by Crippen LogP contribution is 2.28. The number of rotatable bonds is 4.